The van der Waals surface area contributed by atoms with Gasteiger partial charge in [0.05, 0.1) is 4.92 Å². The zero-order chi connectivity index (χ0) is 12.0. The summed E-state index contributed by atoms with van der Waals surface area (Å²) in [7, 11) is 0. The molecule has 0 fully saturated rings. The van der Waals surface area contributed by atoms with Gasteiger partial charge in [0.2, 0.25) is 0 Å². The van der Waals surface area contributed by atoms with Crippen molar-refractivity contribution in [1.29, 1.82) is 0 Å². The first kappa shape index (κ1) is 11.3. The fraction of sp³-hybridized carbons (Fsp3) is 0.400. The fourth-order valence-corrected chi connectivity index (χ4v) is 2.62. The molecule has 2 atom stereocenters. The lowest BCUT2D eigenvalue weighted by Gasteiger charge is -2.10. The van der Waals surface area contributed by atoms with Gasteiger partial charge in [-0.25, -0.2) is 0 Å². The van der Waals surface area contributed by atoms with Gasteiger partial charge in [0, 0.05) is 16.1 Å². The van der Waals surface area contributed by atoms with E-state index in [2.05, 4.69) is 15.9 Å². The standard InChI is InChI=1S/C10H12BrN3O2/c1-4-5-2-7(11)9(13)10(14(15)16)6(5)3-8(4)12/h2,4,8H,3,12-13H2,1H3. The number of benzene rings is 1. The second-order valence-corrected chi connectivity index (χ2v) is 4.96. The molecule has 0 radical (unpaired) electrons. The number of nitro benzene ring substituents is 1. The van der Waals surface area contributed by atoms with Gasteiger partial charge in [0.25, 0.3) is 5.69 Å². The molecule has 0 saturated heterocycles. The minimum atomic E-state index is -0.427. The van der Waals surface area contributed by atoms with Crippen LogP contribution in [0, 0.1) is 10.1 Å². The van der Waals surface area contributed by atoms with E-state index in [1.807, 2.05) is 13.0 Å². The SMILES string of the molecule is CC1c2cc(Br)c(N)c([N+](=O)[O-])c2CC1N. The van der Waals surface area contributed by atoms with Gasteiger partial charge in [0.15, 0.2) is 0 Å². The Labute approximate surface area is 101 Å². The minimum Gasteiger partial charge on any atom is -0.392 e. The van der Waals surface area contributed by atoms with Crippen molar-refractivity contribution in [1.82, 2.24) is 0 Å². The Hall–Kier alpha value is -1.14. The van der Waals surface area contributed by atoms with Crippen molar-refractivity contribution in [2.45, 2.75) is 25.3 Å². The van der Waals surface area contributed by atoms with E-state index in [0.29, 0.717) is 16.5 Å². The number of rotatable bonds is 1. The van der Waals surface area contributed by atoms with Gasteiger partial charge in [-0.2, -0.15) is 0 Å². The maximum Gasteiger partial charge on any atom is 0.296 e. The van der Waals surface area contributed by atoms with Crippen LogP contribution >= 0.6 is 15.9 Å². The third-order valence-corrected chi connectivity index (χ3v) is 3.84. The summed E-state index contributed by atoms with van der Waals surface area (Å²) in [5.74, 6) is 0.130. The number of nitro groups is 1. The van der Waals surface area contributed by atoms with Crippen LogP contribution in [0.5, 0.6) is 0 Å². The number of hydrogen-bond acceptors (Lipinski definition) is 4. The molecule has 5 nitrogen and oxygen atoms in total. The van der Waals surface area contributed by atoms with Crippen LogP contribution < -0.4 is 11.5 Å². The highest BCUT2D eigenvalue weighted by Crippen LogP contribution is 2.43. The Morgan fingerprint density at radius 3 is 2.81 bits per heavy atom. The monoisotopic (exact) mass is 285 g/mol. The van der Waals surface area contributed by atoms with Crippen LogP contribution in [-0.2, 0) is 6.42 Å². The predicted molar refractivity (Wildman–Crippen MR) is 65.3 cm³/mol. The fourth-order valence-electron chi connectivity index (χ4n) is 2.19. The van der Waals surface area contributed by atoms with Crippen molar-refractivity contribution in [3.05, 3.63) is 31.8 Å². The van der Waals surface area contributed by atoms with E-state index in [1.165, 1.54) is 0 Å². The Morgan fingerprint density at radius 1 is 1.62 bits per heavy atom. The summed E-state index contributed by atoms with van der Waals surface area (Å²) >= 11 is 3.25. The predicted octanol–water partition coefficient (Wildman–Crippen LogP) is 1.93. The lowest BCUT2D eigenvalue weighted by molar-refractivity contribution is -0.384. The molecular weight excluding hydrogens is 274 g/mol. The summed E-state index contributed by atoms with van der Waals surface area (Å²) < 4.78 is 0.568. The summed E-state index contributed by atoms with van der Waals surface area (Å²) in [6.07, 6.45) is 0.518. The van der Waals surface area contributed by atoms with E-state index < -0.39 is 4.92 Å². The molecule has 0 bridgehead atoms. The van der Waals surface area contributed by atoms with Crippen molar-refractivity contribution in [2.24, 2.45) is 5.73 Å². The summed E-state index contributed by atoms with van der Waals surface area (Å²) in [5.41, 5.74) is 13.4. The van der Waals surface area contributed by atoms with Gasteiger partial charge in [0.1, 0.15) is 5.69 Å². The number of fused-ring (bicyclic) bond motifs is 1. The maximum atomic E-state index is 11.0. The van der Waals surface area contributed by atoms with Crippen LogP contribution in [0.15, 0.2) is 10.5 Å². The molecule has 4 N–H and O–H groups in total. The smallest absolute Gasteiger partial charge is 0.296 e. The van der Waals surface area contributed by atoms with Gasteiger partial charge in [-0.15, -0.1) is 0 Å². The van der Waals surface area contributed by atoms with E-state index in [9.17, 15) is 10.1 Å². The van der Waals surface area contributed by atoms with Gasteiger partial charge >= 0.3 is 0 Å². The summed E-state index contributed by atoms with van der Waals surface area (Å²) in [6, 6.07) is 1.78. The lowest BCUT2D eigenvalue weighted by atomic mass is 10.0. The molecule has 0 aromatic heterocycles. The number of anilines is 1. The zero-order valence-electron chi connectivity index (χ0n) is 8.74. The molecule has 0 aliphatic heterocycles. The molecule has 86 valence electrons. The molecule has 1 aliphatic carbocycles. The first-order valence-electron chi connectivity index (χ1n) is 4.94. The van der Waals surface area contributed by atoms with E-state index in [-0.39, 0.29) is 23.3 Å². The number of nitrogens with zero attached hydrogens (tertiary/aromatic N) is 1. The molecule has 16 heavy (non-hydrogen) atoms. The highest BCUT2D eigenvalue weighted by molar-refractivity contribution is 9.10. The van der Waals surface area contributed by atoms with Crippen LogP contribution in [0.3, 0.4) is 0 Å². The molecule has 6 heteroatoms. The highest BCUT2D eigenvalue weighted by atomic mass is 79.9. The molecule has 0 heterocycles. The normalized spacial score (nSPS) is 23.2. The molecule has 1 aromatic rings. The molecule has 0 amide bonds. The van der Waals surface area contributed by atoms with Crippen molar-refractivity contribution >= 4 is 27.3 Å². The minimum absolute atomic E-state index is 0.00387. The molecule has 2 unspecified atom stereocenters. The number of halogens is 1. The molecular formula is C10H12BrN3O2. The number of nitrogens with two attached hydrogens (primary N) is 2. The Morgan fingerprint density at radius 2 is 2.25 bits per heavy atom. The van der Waals surface area contributed by atoms with Gasteiger partial charge in [-0.3, -0.25) is 10.1 Å². The summed E-state index contributed by atoms with van der Waals surface area (Å²) in [5, 5.41) is 11.0. The van der Waals surface area contributed by atoms with E-state index in [4.69, 9.17) is 11.5 Å². The van der Waals surface area contributed by atoms with E-state index in [1.54, 1.807) is 0 Å². The Balaban J connectivity index is 2.72. The van der Waals surface area contributed by atoms with Crippen LogP contribution in [-0.4, -0.2) is 11.0 Å². The van der Waals surface area contributed by atoms with Gasteiger partial charge in [-0.1, -0.05) is 6.92 Å². The zero-order valence-corrected chi connectivity index (χ0v) is 10.3. The maximum absolute atomic E-state index is 11.0. The van der Waals surface area contributed by atoms with Crippen molar-refractivity contribution in [3.63, 3.8) is 0 Å². The summed E-state index contributed by atoms with van der Waals surface area (Å²) in [6.45, 7) is 1.98. The van der Waals surface area contributed by atoms with Crippen LogP contribution in [0.25, 0.3) is 0 Å². The quantitative estimate of drug-likeness (QED) is 0.468. The molecule has 0 spiro atoms. The molecule has 1 aliphatic rings. The number of hydrogen-bond donors (Lipinski definition) is 2. The van der Waals surface area contributed by atoms with Gasteiger partial charge < -0.3 is 11.5 Å². The topological polar surface area (TPSA) is 95.2 Å². The average molecular weight is 286 g/mol. The van der Waals surface area contributed by atoms with E-state index in [0.717, 1.165) is 5.56 Å². The highest BCUT2D eigenvalue weighted by Gasteiger charge is 2.34. The van der Waals surface area contributed by atoms with Crippen LogP contribution in [0.2, 0.25) is 0 Å². The number of nitrogen functional groups attached to an aromatic ring is 1. The van der Waals surface area contributed by atoms with Crippen molar-refractivity contribution in [3.8, 4) is 0 Å². The van der Waals surface area contributed by atoms with E-state index >= 15 is 0 Å². The molecule has 0 saturated carbocycles. The van der Waals surface area contributed by atoms with Crippen molar-refractivity contribution in [2.75, 3.05) is 5.73 Å². The second kappa shape index (κ2) is 3.71. The van der Waals surface area contributed by atoms with Gasteiger partial charge in [-0.05, 0) is 39.9 Å². The lowest BCUT2D eigenvalue weighted by Crippen LogP contribution is -2.22. The second-order valence-electron chi connectivity index (χ2n) is 4.10. The molecule has 2 rings (SSSR count). The van der Waals surface area contributed by atoms with Crippen LogP contribution in [0.1, 0.15) is 24.0 Å². The Kier molecular flexibility index (Phi) is 2.63. The largest absolute Gasteiger partial charge is 0.392 e. The molecule has 1 aromatic carbocycles. The average Bonchev–Trinajstić information content (AvgIpc) is 2.45. The Bertz CT molecular complexity index is 476. The summed E-state index contributed by atoms with van der Waals surface area (Å²) in [4.78, 5) is 10.6. The van der Waals surface area contributed by atoms with Crippen LogP contribution in [0.4, 0.5) is 11.4 Å². The third-order valence-electron chi connectivity index (χ3n) is 3.18. The first-order valence-corrected chi connectivity index (χ1v) is 5.73. The first-order chi connectivity index (χ1) is 7.43. The third kappa shape index (κ3) is 1.49. The van der Waals surface area contributed by atoms with Crippen molar-refractivity contribution < 1.29 is 4.92 Å².